The van der Waals surface area contributed by atoms with Gasteiger partial charge in [-0.15, -0.1) is 0 Å². The number of allylic oxidation sites excluding steroid dienone is 30. The van der Waals surface area contributed by atoms with Crippen molar-refractivity contribution in [2.45, 2.75) is 238 Å². The topological polar surface area (TPSA) is 108 Å². The van der Waals surface area contributed by atoms with Crippen LogP contribution in [0.2, 0.25) is 0 Å². The molecule has 0 aliphatic rings. The Morgan fingerprint density at radius 3 is 0.930 bits per heavy atom. The zero-order chi connectivity index (χ0) is 62.6. The Morgan fingerprint density at radius 2 is 0.628 bits per heavy atom. The molecule has 0 aliphatic carbocycles. The highest BCUT2D eigenvalue weighted by Gasteiger charge is 2.27. The number of unbranched alkanes of at least 4 members (excludes halogenated alkanes) is 15. The predicted octanol–water partition coefficient (Wildman–Crippen LogP) is 21.9. The number of nitrogens with zero attached hydrogens (tertiary/aromatic N) is 1. The Hall–Kier alpha value is -4.89. The van der Waals surface area contributed by atoms with Crippen LogP contribution in [0, 0.1) is 0 Å². The van der Waals surface area contributed by atoms with Crippen LogP contribution in [0.1, 0.15) is 232 Å². The summed E-state index contributed by atoms with van der Waals surface area (Å²) < 4.78 is 34.6. The van der Waals surface area contributed by atoms with E-state index in [4.69, 9.17) is 18.5 Å². The number of phosphoric ester groups is 1. The molecule has 10 heteroatoms. The molecule has 9 nitrogen and oxygen atoms in total. The van der Waals surface area contributed by atoms with Crippen molar-refractivity contribution in [3.63, 3.8) is 0 Å². The van der Waals surface area contributed by atoms with E-state index in [1.165, 1.54) is 44.9 Å². The van der Waals surface area contributed by atoms with Crippen molar-refractivity contribution in [2.75, 3.05) is 47.5 Å². The fraction of sp³-hybridized carbons (Fsp3) is 0.579. The maximum atomic E-state index is 12.9. The Morgan fingerprint density at radius 1 is 0.360 bits per heavy atom. The minimum atomic E-state index is -4.41. The van der Waals surface area contributed by atoms with Crippen molar-refractivity contribution in [2.24, 2.45) is 0 Å². The highest BCUT2D eigenvalue weighted by Crippen LogP contribution is 2.43. The number of quaternary nitrogens is 1. The van der Waals surface area contributed by atoms with Gasteiger partial charge in [0, 0.05) is 12.8 Å². The standard InChI is InChI=1S/C76H122NO8P/c1-6-8-10-12-14-16-18-20-22-24-26-28-30-31-32-33-34-35-36-37-38-39-40-41-42-43-44-45-47-49-51-53-55-57-59-61-63-65-67-69-76(79)85-74(73-84-86(80,81)83-71-70-77(3,4)5)72-82-75(78)68-66-64-62-60-58-56-54-52-50-48-46-29-27-25-23-21-19-17-15-13-11-9-7-2/h8-11,14-17,20-23,26-29,31-32,34-35,37-38,40-41,43-44,48,50,54,56,74H,6-7,12-13,18-19,24-25,30,33,36,39,42,45-47,49,51-53,55,57-73H2,1-5H3/p+1/b10-8-,11-9-,16-14-,17-15-,22-20-,23-21-,28-26-,29-27-,32-31-,35-34-,38-37-,41-40-,44-43-,50-48-,56-54-. The maximum Gasteiger partial charge on any atom is 0.472 e. The highest BCUT2D eigenvalue weighted by atomic mass is 31.2. The molecular formula is C76H123NO8P+. The first-order valence-corrected chi connectivity index (χ1v) is 35.0. The van der Waals surface area contributed by atoms with Crippen molar-refractivity contribution < 1.29 is 42.1 Å². The second kappa shape index (κ2) is 64.6. The number of ether oxygens (including phenoxy) is 2. The molecule has 1 N–H and O–H groups in total. The molecular weight excluding hydrogens is 1090 g/mol. The van der Waals surface area contributed by atoms with E-state index < -0.39 is 32.5 Å². The molecule has 0 saturated heterocycles. The molecule has 0 heterocycles. The van der Waals surface area contributed by atoms with Gasteiger partial charge in [-0.2, -0.15) is 0 Å². The van der Waals surface area contributed by atoms with Crippen LogP contribution in [0.15, 0.2) is 182 Å². The first kappa shape index (κ1) is 81.1. The zero-order valence-corrected chi connectivity index (χ0v) is 55.9. The molecule has 0 rings (SSSR count). The van der Waals surface area contributed by atoms with Crippen LogP contribution in [0.5, 0.6) is 0 Å². The van der Waals surface area contributed by atoms with Crippen LogP contribution >= 0.6 is 7.82 Å². The number of phosphoric acid groups is 1. The molecule has 0 radical (unpaired) electrons. The van der Waals surface area contributed by atoms with Gasteiger partial charge in [-0.3, -0.25) is 18.6 Å². The van der Waals surface area contributed by atoms with Crippen molar-refractivity contribution >= 4 is 19.8 Å². The van der Waals surface area contributed by atoms with Crippen LogP contribution in [0.25, 0.3) is 0 Å². The summed E-state index contributed by atoms with van der Waals surface area (Å²) >= 11 is 0. The van der Waals surface area contributed by atoms with Gasteiger partial charge in [0.1, 0.15) is 19.8 Å². The third-order valence-electron chi connectivity index (χ3n) is 13.4. The minimum Gasteiger partial charge on any atom is -0.462 e. The van der Waals surface area contributed by atoms with E-state index in [9.17, 15) is 19.0 Å². The Balaban J connectivity index is 4.16. The largest absolute Gasteiger partial charge is 0.472 e. The summed E-state index contributed by atoms with van der Waals surface area (Å²) in [6.07, 6.45) is 99.8. The molecule has 0 fully saturated rings. The van der Waals surface area contributed by atoms with Gasteiger partial charge in [0.25, 0.3) is 0 Å². The van der Waals surface area contributed by atoms with E-state index >= 15 is 0 Å². The summed E-state index contributed by atoms with van der Waals surface area (Å²) in [5.74, 6) is -0.842. The van der Waals surface area contributed by atoms with E-state index in [0.29, 0.717) is 23.9 Å². The Bertz CT molecular complexity index is 2100. The molecule has 2 atom stereocenters. The molecule has 0 aromatic rings. The second-order valence-electron chi connectivity index (χ2n) is 22.7. The van der Waals surface area contributed by atoms with Gasteiger partial charge in [0.05, 0.1) is 27.7 Å². The van der Waals surface area contributed by atoms with E-state index in [-0.39, 0.29) is 26.1 Å². The summed E-state index contributed by atoms with van der Waals surface area (Å²) in [7, 11) is 1.43. The molecule has 484 valence electrons. The molecule has 0 saturated carbocycles. The first-order valence-electron chi connectivity index (χ1n) is 33.5. The normalized spacial score (nSPS) is 14.3. The molecule has 0 aliphatic heterocycles. The molecule has 0 aromatic carbocycles. The lowest BCUT2D eigenvalue weighted by atomic mass is 10.0. The van der Waals surface area contributed by atoms with Gasteiger partial charge in [-0.1, -0.05) is 267 Å². The number of rotatable bonds is 59. The average Bonchev–Trinajstić information content (AvgIpc) is 3.56. The van der Waals surface area contributed by atoms with Crippen LogP contribution in [-0.2, 0) is 32.7 Å². The Kier molecular flexibility index (Phi) is 60.9. The minimum absolute atomic E-state index is 0.0168. The van der Waals surface area contributed by atoms with E-state index in [1.54, 1.807) is 0 Å². The van der Waals surface area contributed by atoms with Gasteiger partial charge in [0.2, 0.25) is 0 Å². The molecule has 2 unspecified atom stereocenters. The smallest absolute Gasteiger partial charge is 0.462 e. The fourth-order valence-electron chi connectivity index (χ4n) is 8.36. The van der Waals surface area contributed by atoms with Crippen LogP contribution < -0.4 is 0 Å². The van der Waals surface area contributed by atoms with Crippen LogP contribution in [0.3, 0.4) is 0 Å². The van der Waals surface area contributed by atoms with Crippen molar-refractivity contribution in [1.82, 2.24) is 0 Å². The summed E-state index contributed by atoms with van der Waals surface area (Å²) in [5.41, 5.74) is 0. The van der Waals surface area contributed by atoms with E-state index in [1.807, 2.05) is 21.1 Å². The van der Waals surface area contributed by atoms with E-state index in [0.717, 1.165) is 148 Å². The van der Waals surface area contributed by atoms with E-state index in [2.05, 4.69) is 196 Å². The highest BCUT2D eigenvalue weighted by molar-refractivity contribution is 7.47. The number of carbonyl (C=O) groups is 2. The molecule has 0 aromatic heterocycles. The average molecular weight is 1210 g/mol. The summed E-state index contributed by atoms with van der Waals surface area (Å²) in [4.78, 5) is 35.8. The lowest BCUT2D eigenvalue weighted by Gasteiger charge is -2.24. The third kappa shape index (κ3) is 68.2. The number of hydrogen-bond donors (Lipinski definition) is 1. The molecule has 0 amide bonds. The molecule has 0 spiro atoms. The van der Waals surface area contributed by atoms with Crippen molar-refractivity contribution in [3.05, 3.63) is 182 Å². The number of carbonyl (C=O) groups excluding carboxylic acids is 2. The Labute approximate surface area is 527 Å². The van der Waals surface area contributed by atoms with Gasteiger partial charge in [0.15, 0.2) is 6.10 Å². The van der Waals surface area contributed by atoms with Crippen molar-refractivity contribution in [3.8, 4) is 0 Å². The number of esters is 2. The molecule has 0 bridgehead atoms. The fourth-order valence-corrected chi connectivity index (χ4v) is 9.11. The second-order valence-corrected chi connectivity index (χ2v) is 24.2. The quantitative estimate of drug-likeness (QED) is 0.0211. The van der Waals surface area contributed by atoms with Crippen LogP contribution in [0.4, 0.5) is 0 Å². The predicted molar refractivity (Wildman–Crippen MR) is 371 cm³/mol. The molecule has 86 heavy (non-hydrogen) atoms. The SMILES string of the molecule is CC/C=C\C/C=C\C/C=C\C/C=C\C/C=C\C/C=C\C/C=C\C/C=C\C/C=C\CCCCCCCCCCCCCC(=O)OC(COC(=O)CCCCCC/C=C\C/C=C\C/C=C\C/C=C\C/C=C\C/C=C\CC)COP(=O)(O)OCC[N+](C)(C)C. The number of hydrogen-bond acceptors (Lipinski definition) is 7. The number of likely N-dealkylation sites (N-methyl/N-ethyl adjacent to an activating group) is 1. The lowest BCUT2D eigenvalue weighted by Crippen LogP contribution is -2.37. The van der Waals surface area contributed by atoms with Crippen LogP contribution in [-0.4, -0.2) is 74.9 Å². The monoisotopic (exact) mass is 1210 g/mol. The maximum absolute atomic E-state index is 12.9. The zero-order valence-electron chi connectivity index (χ0n) is 55.0. The van der Waals surface area contributed by atoms with Gasteiger partial charge in [-0.25, -0.2) is 4.57 Å². The first-order chi connectivity index (χ1) is 42.0. The van der Waals surface area contributed by atoms with Crippen molar-refractivity contribution in [1.29, 1.82) is 0 Å². The lowest BCUT2D eigenvalue weighted by molar-refractivity contribution is -0.870. The van der Waals surface area contributed by atoms with Gasteiger partial charge >= 0.3 is 19.8 Å². The summed E-state index contributed by atoms with van der Waals surface area (Å²) in [5, 5.41) is 0. The summed E-state index contributed by atoms with van der Waals surface area (Å²) in [6, 6.07) is 0. The van der Waals surface area contributed by atoms with Gasteiger partial charge in [-0.05, 0) is 135 Å². The van der Waals surface area contributed by atoms with Gasteiger partial charge < -0.3 is 18.9 Å². The third-order valence-corrected chi connectivity index (χ3v) is 14.4. The summed E-state index contributed by atoms with van der Waals surface area (Å²) in [6.45, 7) is 4.15.